The molecular weight excluding hydrogens is 278 g/mol. The molecule has 0 bridgehead atoms. The SMILES string of the molecule is O=C(COc1ccccc1)N1CCC(Cn2cccn2)CC1. The minimum atomic E-state index is 0.0707. The van der Waals surface area contributed by atoms with Crippen molar-refractivity contribution in [2.24, 2.45) is 5.92 Å². The molecule has 0 radical (unpaired) electrons. The van der Waals surface area contributed by atoms with E-state index in [2.05, 4.69) is 5.10 Å². The van der Waals surface area contributed by atoms with E-state index in [1.807, 2.05) is 52.2 Å². The highest BCUT2D eigenvalue weighted by Crippen LogP contribution is 2.19. The Balaban J connectivity index is 1.42. The maximum absolute atomic E-state index is 12.2. The fraction of sp³-hybridized carbons (Fsp3) is 0.412. The number of aromatic nitrogens is 2. The third-order valence-electron chi connectivity index (χ3n) is 4.08. The van der Waals surface area contributed by atoms with Crippen molar-refractivity contribution < 1.29 is 9.53 Å². The van der Waals surface area contributed by atoms with Gasteiger partial charge < -0.3 is 9.64 Å². The Labute approximate surface area is 130 Å². The molecule has 0 unspecified atom stereocenters. The van der Waals surface area contributed by atoms with E-state index in [4.69, 9.17) is 4.74 Å². The quantitative estimate of drug-likeness (QED) is 0.850. The molecule has 1 aromatic heterocycles. The van der Waals surface area contributed by atoms with E-state index in [9.17, 15) is 4.79 Å². The molecule has 1 aliphatic heterocycles. The van der Waals surface area contributed by atoms with E-state index in [1.165, 1.54) is 0 Å². The van der Waals surface area contributed by atoms with Gasteiger partial charge in [-0.15, -0.1) is 0 Å². The van der Waals surface area contributed by atoms with E-state index < -0.39 is 0 Å². The van der Waals surface area contributed by atoms with Crippen LogP contribution in [0, 0.1) is 5.92 Å². The average molecular weight is 299 g/mol. The Hall–Kier alpha value is -2.30. The molecule has 1 aromatic carbocycles. The molecule has 22 heavy (non-hydrogen) atoms. The number of carbonyl (C=O) groups excluding carboxylic acids is 1. The van der Waals surface area contributed by atoms with Gasteiger partial charge in [0.15, 0.2) is 6.61 Å². The summed E-state index contributed by atoms with van der Waals surface area (Å²) in [4.78, 5) is 14.1. The predicted molar refractivity (Wildman–Crippen MR) is 83.5 cm³/mol. The zero-order chi connectivity index (χ0) is 15.2. The van der Waals surface area contributed by atoms with Crippen LogP contribution in [0.2, 0.25) is 0 Å². The van der Waals surface area contributed by atoms with Gasteiger partial charge in [0.2, 0.25) is 0 Å². The molecule has 2 aromatic rings. The summed E-state index contributed by atoms with van der Waals surface area (Å²) in [7, 11) is 0. The third kappa shape index (κ3) is 3.87. The summed E-state index contributed by atoms with van der Waals surface area (Å²) in [5, 5.41) is 4.24. The van der Waals surface area contributed by atoms with E-state index in [-0.39, 0.29) is 12.5 Å². The Morgan fingerprint density at radius 3 is 2.64 bits per heavy atom. The number of para-hydroxylation sites is 1. The molecule has 0 spiro atoms. The third-order valence-corrected chi connectivity index (χ3v) is 4.08. The first-order valence-electron chi connectivity index (χ1n) is 7.74. The molecule has 0 aliphatic carbocycles. The van der Waals surface area contributed by atoms with Gasteiger partial charge in [-0.05, 0) is 37.0 Å². The average Bonchev–Trinajstić information content (AvgIpc) is 3.07. The van der Waals surface area contributed by atoms with Gasteiger partial charge in [-0.25, -0.2) is 0 Å². The summed E-state index contributed by atoms with van der Waals surface area (Å²) >= 11 is 0. The fourth-order valence-electron chi connectivity index (χ4n) is 2.79. The Morgan fingerprint density at radius 1 is 1.18 bits per heavy atom. The fourth-order valence-corrected chi connectivity index (χ4v) is 2.79. The first-order chi connectivity index (χ1) is 10.8. The maximum Gasteiger partial charge on any atom is 0.260 e. The summed E-state index contributed by atoms with van der Waals surface area (Å²) in [6.07, 6.45) is 5.85. The number of benzene rings is 1. The van der Waals surface area contributed by atoms with Crippen LogP contribution in [0.25, 0.3) is 0 Å². The van der Waals surface area contributed by atoms with Crippen LogP contribution >= 0.6 is 0 Å². The number of amides is 1. The molecule has 1 amide bonds. The molecule has 116 valence electrons. The van der Waals surface area contributed by atoms with Crippen LogP contribution < -0.4 is 4.74 Å². The minimum Gasteiger partial charge on any atom is -0.484 e. The number of nitrogens with zero attached hydrogens (tertiary/aromatic N) is 3. The largest absolute Gasteiger partial charge is 0.484 e. The highest BCUT2D eigenvalue weighted by molar-refractivity contribution is 5.77. The van der Waals surface area contributed by atoms with Crippen LogP contribution in [0.4, 0.5) is 0 Å². The van der Waals surface area contributed by atoms with Gasteiger partial charge in [-0.2, -0.15) is 5.10 Å². The Morgan fingerprint density at radius 2 is 1.95 bits per heavy atom. The summed E-state index contributed by atoms with van der Waals surface area (Å²) in [5.74, 6) is 1.41. The van der Waals surface area contributed by atoms with Crippen molar-refractivity contribution in [2.45, 2.75) is 19.4 Å². The van der Waals surface area contributed by atoms with Gasteiger partial charge in [-0.3, -0.25) is 9.48 Å². The maximum atomic E-state index is 12.2. The van der Waals surface area contributed by atoms with Crippen LogP contribution in [0.1, 0.15) is 12.8 Å². The Bertz CT molecular complexity index is 575. The zero-order valence-corrected chi connectivity index (χ0v) is 12.6. The van der Waals surface area contributed by atoms with Gasteiger partial charge in [0, 0.05) is 32.0 Å². The molecule has 5 heteroatoms. The topological polar surface area (TPSA) is 47.4 Å². The minimum absolute atomic E-state index is 0.0707. The molecule has 3 rings (SSSR count). The van der Waals surface area contributed by atoms with E-state index in [1.54, 1.807) is 6.20 Å². The second kappa shape index (κ2) is 7.11. The molecule has 0 saturated carbocycles. The number of piperidine rings is 1. The first kappa shape index (κ1) is 14.6. The molecule has 1 saturated heterocycles. The predicted octanol–water partition coefficient (Wildman–Crippen LogP) is 2.20. The number of hydrogen-bond donors (Lipinski definition) is 0. The lowest BCUT2D eigenvalue weighted by Gasteiger charge is -2.31. The summed E-state index contributed by atoms with van der Waals surface area (Å²) < 4.78 is 7.50. The van der Waals surface area contributed by atoms with Crippen LogP contribution in [0.15, 0.2) is 48.8 Å². The highest BCUT2D eigenvalue weighted by Gasteiger charge is 2.23. The van der Waals surface area contributed by atoms with Gasteiger partial charge in [0.1, 0.15) is 5.75 Å². The van der Waals surface area contributed by atoms with Crippen molar-refractivity contribution in [1.29, 1.82) is 0 Å². The summed E-state index contributed by atoms with van der Waals surface area (Å²) in [6, 6.07) is 11.4. The number of rotatable bonds is 5. The first-order valence-corrected chi connectivity index (χ1v) is 7.74. The molecule has 2 heterocycles. The van der Waals surface area contributed by atoms with Crippen molar-refractivity contribution in [3.63, 3.8) is 0 Å². The van der Waals surface area contributed by atoms with Gasteiger partial charge in [0.25, 0.3) is 5.91 Å². The van der Waals surface area contributed by atoms with Crippen molar-refractivity contribution in [2.75, 3.05) is 19.7 Å². The molecule has 5 nitrogen and oxygen atoms in total. The molecule has 1 aliphatic rings. The summed E-state index contributed by atoms with van der Waals surface area (Å²) in [5.41, 5.74) is 0. The van der Waals surface area contributed by atoms with Crippen LogP contribution in [0.5, 0.6) is 5.75 Å². The summed E-state index contributed by atoms with van der Waals surface area (Å²) in [6.45, 7) is 2.68. The normalized spacial score (nSPS) is 15.7. The lowest BCUT2D eigenvalue weighted by atomic mass is 9.97. The molecule has 0 N–H and O–H groups in total. The van der Waals surface area contributed by atoms with Crippen molar-refractivity contribution >= 4 is 5.91 Å². The number of hydrogen-bond acceptors (Lipinski definition) is 3. The lowest BCUT2D eigenvalue weighted by molar-refractivity contribution is -0.134. The monoisotopic (exact) mass is 299 g/mol. The zero-order valence-electron chi connectivity index (χ0n) is 12.6. The molecule has 0 atom stereocenters. The van der Waals surface area contributed by atoms with Crippen molar-refractivity contribution in [1.82, 2.24) is 14.7 Å². The van der Waals surface area contributed by atoms with Gasteiger partial charge >= 0.3 is 0 Å². The van der Waals surface area contributed by atoms with E-state index in [0.717, 1.165) is 38.2 Å². The van der Waals surface area contributed by atoms with Crippen molar-refractivity contribution in [3.05, 3.63) is 48.8 Å². The second-order valence-electron chi connectivity index (χ2n) is 5.65. The van der Waals surface area contributed by atoms with Crippen molar-refractivity contribution in [3.8, 4) is 5.75 Å². The smallest absolute Gasteiger partial charge is 0.260 e. The standard InChI is InChI=1S/C17H21N3O2/c21-17(14-22-16-5-2-1-3-6-16)19-11-7-15(8-12-19)13-20-10-4-9-18-20/h1-6,9-10,15H,7-8,11-14H2. The van der Waals surface area contributed by atoms with Crippen LogP contribution in [-0.2, 0) is 11.3 Å². The lowest BCUT2D eigenvalue weighted by Crippen LogP contribution is -2.41. The number of carbonyl (C=O) groups is 1. The van der Waals surface area contributed by atoms with Gasteiger partial charge in [-0.1, -0.05) is 18.2 Å². The van der Waals surface area contributed by atoms with Gasteiger partial charge in [0.05, 0.1) is 0 Å². The number of likely N-dealkylation sites (tertiary alicyclic amines) is 1. The highest BCUT2D eigenvalue weighted by atomic mass is 16.5. The molecule has 1 fully saturated rings. The Kier molecular flexibility index (Phi) is 4.73. The van der Waals surface area contributed by atoms with E-state index >= 15 is 0 Å². The van der Waals surface area contributed by atoms with Crippen LogP contribution in [0.3, 0.4) is 0 Å². The molecular formula is C17H21N3O2. The van der Waals surface area contributed by atoms with Crippen LogP contribution in [-0.4, -0.2) is 40.3 Å². The number of ether oxygens (including phenoxy) is 1. The second-order valence-corrected chi connectivity index (χ2v) is 5.65. The van der Waals surface area contributed by atoms with E-state index in [0.29, 0.717) is 5.92 Å².